The van der Waals surface area contributed by atoms with Gasteiger partial charge in [-0.05, 0) is 54.4 Å². The van der Waals surface area contributed by atoms with Crippen molar-refractivity contribution >= 4 is 9.84 Å². The first-order valence-electron chi connectivity index (χ1n) is 9.83. The largest absolute Gasteiger partial charge is 0.492 e. The fraction of sp³-hybridized carbons (Fsp3) is 0.125. The molecule has 3 aromatic carbocycles. The van der Waals surface area contributed by atoms with Gasteiger partial charge in [0.05, 0.1) is 10.6 Å². The SMILES string of the molecule is Cc1ccccc1COc1cc(Oc2ccc(S(C)(=O)=O)cc2)cc(-c2cc(O)n[nH]2)c1. The molecule has 0 fully saturated rings. The van der Waals surface area contributed by atoms with E-state index in [1.807, 2.05) is 37.3 Å². The second-order valence-corrected chi connectivity index (χ2v) is 9.41. The van der Waals surface area contributed by atoms with E-state index >= 15 is 0 Å². The van der Waals surface area contributed by atoms with E-state index in [9.17, 15) is 13.5 Å². The number of rotatable bonds is 7. The number of nitrogens with zero attached hydrogens (tertiary/aromatic N) is 1. The van der Waals surface area contributed by atoms with Crippen LogP contribution in [0, 0.1) is 6.92 Å². The van der Waals surface area contributed by atoms with Crippen molar-refractivity contribution in [2.24, 2.45) is 0 Å². The highest BCUT2D eigenvalue weighted by Crippen LogP contribution is 2.33. The van der Waals surface area contributed by atoms with Crippen LogP contribution in [0.15, 0.2) is 77.7 Å². The van der Waals surface area contributed by atoms with Crippen LogP contribution in [0.2, 0.25) is 0 Å². The van der Waals surface area contributed by atoms with E-state index in [2.05, 4.69) is 10.2 Å². The Hall–Kier alpha value is -3.78. The first-order chi connectivity index (χ1) is 15.3. The van der Waals surface area contributed by atoms with Crippen LogP contribution in [-0.4, -0.2) is 30.0 Å². The molecular weight excluding hydrogens is 428 g/mol. The highest BCUT2D eigenvalue weighted by atomic mass is 32.2. The van der Waals surface area contributed by atoms with Crippen molar-refractivity contribution in [3.63, 3.8) is 0 Å². The summed E-state index contributed by atoms with van der Waals surface area (Å²) in [5.41, 5.74) is 3.50. The topological polar surface area (TPSA) is 102 Å². The number of aromatic hydroxyl groups is 1. The lowest BCUT2D eigenvalue weighted by molar-refractivity contribution is 0.304. The van der Waals surface area contributed by atoms with Gasteiger partial charge in [0, 0.05) is 24.0 Å². The average Bonchev–Trinajstić information content (AvgIpc) is 3.19. The number of benzene rings is 3. The van der Waals surface area contributed by atoms with Gasteiger partial charge in [-0.1, -0.05) is 24.3 Å². The highest BCUT2D eigenvalue weighted by Gasteiger charge is 2.11. The summed E-state index contributed by atoms with van der Waals surface area (Å²) >= 11 is 0. The predicted octanol–water partition coefficient (Wildman–Crippen LogP) is 4.87. The van der Waals surface area contributed by atoms with Gasteiger partial charge in [-0.3, -0.25) is 5.10 Å². The molecular formula is C24H22N2O5S. The van der Waals surface area contributed by atoms with Gasteiger partial charge in [-0.15, -0.1) is 5.10 Å². The van der Waals surface area contributed by atoms with Crippen LogP contribution in [0.1, 0.15) is 11.1 Å². The average molecular weight is 451 g/mol. The number of aryl methyl sites for hydroxylation is 1. The molecule has 2 N–H and O–H groups in total. The van der Waals surface area contributed by atoms with Crippen LogP contribution in [0.3, 0.4) is 0 Å². The normalized spacial score (nSPS) is 11.3. The minimum Gasteiger partial charge on any atom is -0.492 e. The molecule has 0 saturated carbocycles. The van der Waals surface area contributed by atoms with Gasteiger partial charge in [-0.25, -0.2) is 8.42 Å². The number of sulfone groups is 1. The molecule has 32 heavy (non-hydrogen) atoms. The van der Waals surface area contributed by atoms with Crippen LogP contribution in [0.5, 0.6) is 23.1 Å². The molecule has 0 aliphatic rings. The van der Waals surface area contributed by atoms with E-state index in [0.717, 1.165) is 17.4 Å². The summed E-state index contributed by atoms with van der Waals surface area (Å²) in [6, 6.07) is 21.0. The molecule has 7 nitrogen and oxygen atoms in total. The fourth-order valence-corrected chi connectivity index (χ4v) is 3.78. The second-order valence-electron chi connectivity index (χ2n) is 7.39. The van der Waals surface area contributed by atoms with E-state index in [1.165, 1.54) is 18.2 Å². The van der Waals surface area contributed by atoms with E-state index in [4.69, 9.17) is 9.47 Å². The second kappa shape index (κ2) is 8.76. The quantitative estimate of drug-likeness (QED) is 0.417. The van der Waals surface area contributed by atoms with Crippen molar-refractivity contribution in [3.8, 4) is 34.4 Å². The van der Waals surface area contributed by atoms with E-state index < -0.39 is 9.84 Å². The molecule has 0 radical (unpaired) electrons. The number of ether oxygens (including phenoxy) is 2. The van der Waals surface area contributed by atoms with Crippen molar-refractivity contribution < 1.29 is 23.0 Å². The third-order valence-corrected chi connectivity index (χ3v) is 6.03. The molecule has 0 aliphatic carbocycles. The Labute approximate surface area is 186 Å². The monoisotopic (exact) mass is 450 g/mol. The number of aromatic nitrogens is 2. The fourth-order valence-electron chi connectivity index (χ4n) is 3.15. The standard InChI is InChI=1S/C24H22N2O5S/c1-16-5-3-4-6-17(16)15-30-20-11-18(23-14-24(27)26-25-23)12-21(13-20)31-19-7-9-22(10-8-19)32(2,28)29/h3-14H,15H2,1-2H3,(H2,25,26,27). The highest BCUT2D eigenvalue weighted by molar-refractivity contribution is 7.90. The molecule has 0 spiro atoms. The maximum Gasteiger partial charge on any atom is 0.230 e. The summed E-state index contributed by atoms with van der Waals surface area (Å²) in [5.74, 6) is 1.42. The molecule has 8 heteroatoms. The number of aromatic amines is 1. The van der Waals surface area contributed by atoms with Crippen LogP contribution < -0.4 is 9.47 Å². The minimum absolute atomic E-state index is 0.120. The van der Waals surface area contributed by atoms with Crippen molar-refractivity contribution in [1.29, 1.82) is 0 Å². The Morgan fingerprint density at radius 1 is 0.938 bits per heavy atom. The molecule has 164 valence electrons. The molecule has 4 aromatic rings. The number of hydrogen-bond acceptors (Lipinski definition) is 6. The van der Waals surface area contributed by atoms with Crippen molar-refractivity contribution in [2.75, 3.05) is 6.26 Å². The molecule has 0 unspecified atom stereocenters. The number of nitrogens with one attached hydrogen (secondary N) is 1. The van der Waals surface area contributed by atoms with Gasteiger partial charge in [0.15, 0.2) is 9.84 Å². The Morgan fingerprint density at radius 2 is 1.66 bits per heavy atom. The van der Waals surface area contributed by atoms with E-state index in [1.54, 1.807) is 24.3 Å². The zero-order valence-corrected chi connectivity index (χ0v) is 18.4. The Bertz CT molecular complexity index is 1350. The maximum absolute atomic E-state index is 11.7. The Kier molecular flexibility index (Phi) is 5.87. The Morgan fingerprint density at radius 3 is 2.31 bits per heavy atom. The molecule has 1 heterocycles. The van der Waals surface area contributed by atoms with Crippen molar-refractivity contribution in [2.45, 2.75) is 18.4 Å². The Balaban J connectivity index is 1.63. The lowest BCUT2D eigenvalue weighted by Gasteiger charge is -2.13. The van der Waals surface area contributed by atoms with Gasteiger partial charge in [0.2, 0.25) is 5.88 Å². The van der Waals surface area contributed by atoms with Gasteiger partial charge in [0.1, 0.15) is 23.9 Å². The smallest absolute Gasteiger partial charge is 0.230 e. The minimum atomic E-state index is -3.29. The molecule has 4 rings (SSSR count). The summed E-state index contributed by atoms with van der Waals surface area (Å²) in [5, 5.41) is 16.1. The molecule has 0 amide bonds. The summed E-state index contributed by atoms with van der Waals surface area (Å²) < 4.78 is 35.3. The van der Waals surface area contributed by atoms with Gasteiger partial charge in [0.25, 0.3) is 0 Å². The maximum atomic E-state index is 11.7. The lowest BCUT2D eigenvalue weighted by Crippen LogP contribution is -1.98. The lowest BCUT2D eigenvalue weighted by atomic mass is 10.1. The predicted molar refractivity (Wildman–Crippen MR) is 121 cm³/mol. The third kappa shape index (κ3) is 5.09. The van der Waals surface area contributed by atoms with Crippen LogP contribution in [0.25, 0.3) is 11.3 Å². The zero-order chi connectivity index (χ0) is 22.7. The number of hydrogen-bond donors (Lipinski definition) is 2. The van der Waals surface area contributed by atoms with Gasteiger partial charge < -0.3 is 14.6 Å². The number of H-pyrrole nitrogens is 1. The van der Waals surface area contributed by atoms with Crippen molar-refractivity contribution in [3.05, 3.63) is 83.9 Å². The van der Waals surface area contributed by atoms with Gasteiger partial charge >= 0.3 is 0 Å². The zero-order valence-electron chi connectivity index (χ0n) is 17.6. The van der Waals surface area contributed by atoms with Crippen molar-refractivity contribution in [1.82, 2.24) is 10.2 Å². The molecule has 0 bridgehead atoms. The molecule has 1 aromatic heterocycles. The van der Waals surface area contributed by atoms with E-state index in [-0.39, 0.29) is 10.8 Å². The first-order valence-corrected chi connectivity index (χ1v) is 11.7. The summed E-state index contributed by atoms with van der Waals surface area (Å²) in [6.45, 7) is 2.41. The van der Waals surface area contributed by atoms with E-state index in [0.29, 0.717) is 35.1 Å². The summed E-state index contributed by atoms with van der Waals surface area (Å²) in [6.07, 6.45) is 1.16. The van der Waals surface area contributed by atoms with Crippen LogP contribution in [-0.2, 0) is 16.4 Å². The summed E-state index contributed by atoms with van der Waals surface area (Å²) in [7, 11) is -3.29. The molecule has 0 aliphatic heterocycles. The third-order valence-electron chi connectivity index (χ3n) is 4.90. The molecule has 0 saturated heterocycles. The van der Waals surface area contributed by atoms with Crippen LogP contribution >= 0.6 is 0 Å². The first kappa shape index (κ1) is 21.5. The molecule has 0 atom stereocenters. The van der Waals surface area contributed by atoms with Gasteiger partial charge in [-0.2, -0.15) is 0 Å². The van der Waals surface area contributed by atoms with Crippen LogP contribution in [0.4, 0.5) is 0 Å². The summed E-state index contributed by atoms with van der Waals surface area (Å²) in [4.78, 5) is 0.216.